The minimum atomic E-state index is -0.764. The standard InChI is InChI=1S/C16H20BrNO4/c1-11-2-3-14(13(17)10-11)22-9-6-15(19)18-7-4-12(5-8-18)16(20)21/h2-3,10,12H,4-9H2,1H3,(H,20,21). The van der Waals surface area contributed by atoms with Gasteiger partial charge in [-0.1, -0.05) is 6.07 Å². The molecule has 1 saturated heterocycles. The molecule has 1 heterocycles. The van der Waals surface area contributed by atoms with Gasteiger partial charge in [0.2, 0.25) is 5.91 Å². The number of nitrogens with zero attached hydrogens (tertiary/aromatic N) is 1. The summed E-state index contributed by atoms with van der Waals surface area (Å²) in [6.07, 6.45) is 1.37. The van der Waals surface area contributed by atoms with Crippen molar-refractivity contribution in [2.75, 3.05) is 19.7 Å². The maximum Gasteiger partial charge on any atom is 0.306 e. The van der Waals surface area contributed by atoms with Crippen molar-refractivity contribution >= 4 is 27.8 Å². The van der Waals surface area contributed by atoms with Gasteiger partial charge < -0.3 is 14.7 Å². The quantitative estimate of drug-likeness (QED) is 0.866. The lowest BCUT2D eigenvalue weighted by atomic mass is 9.97. The van der Waals surface area contributed by atoms with Crippen molar-refractivity contribution in [2.24, 2.45) is 5.92 Å². The van der Waals surface area contributed by atoms with Crippen molar-refractivity contribution in [3.05, 3.63) is 28.2 Å². The first-order valence-corrected chi connectivity index (χ1v) is 8.16. The molecule has 0 radical (unpaired) electrons. The van der Waals surface area contributed by atoms with Crippen LogP contribution in [0.15, 0.2) is 22.7 Å². The Morgan fingerprint density at radius 2 is 2.05 bits per heavy atom. The van der Waals surface area contributed by atoms with Crippen molar-refractivity contribution < 1.29 is 19.4 Å². The predicted octanol–water partition coefficient (Wildman–Crippen LogP) is 2.85. The van der Waals surface area contributed by atoms with Crippen molar-refractivity contribution in [3.8, 4) is 5.75 Å². The van der Waals surface area contributed by atoms with E-state index in [9.17, 15) is 9.59 Å². The second kappa shape index (κ2) is 7.63. The topological polar surface area (TPSA) is 66.8 Å². The number of aliphatic carboxylic acids is 1. The fourth-order valence-corrected chi connectivity index (χ4v) is 3.11. The molecule has 5 nitrogen and oxygen atoms in total. The summed E-state index contributed by atoms with van der Waals surface area (Å²) in [6.45, 7) is 3.35. The highest BCUT2D eigenvalue weighted by Crippen LogP contribution is 2.26. The van der Waals surface area contributed by atoms with Gasteiger partial charge in [0.1, 0.15) is 5.75 Å². The zero-order chi connectivity index (χ0) is 16.1. The Morgan fingerprint density at radius 3 is 2.64 bits per heavy atom. The van der Waals surface area contributed by atoms with E-state index in [2.05, 4.69) is 15.9 Å². The Balaban J connectivity index is 1.75. The van der Waals surface area contributed by atoms with E-state index in [1.54, 1.807) is 4.90 Å². The summed E-state index contributed by atoms with van der Waals surface area (Å²) in [5.41, 5.74) is 1.14. The van der Waals surface area contributed by atoms with Gasteiger partial charge in [-0.25, -0.2) is 0 Å². The molecule has 0 aromatic heterocycles. The van der Waals surface area contributed by atoms with E-state index in [1.165, 1.54) is 0 Å². The number of aryl methyl sites for hydroxylation is 1. The zero-order valence-electron chi connectivity index (χ0n) is 12.5. The molecule has 0 saturated carbocycles. The Bertz CT molecular complexity index is 553. The molecular weight excluding hydrogens is 350 g/mol. The summed E-state index contributed by atoms with van der Waals surface area (Å²) in [4.78, 5) is 24.7. The third-order valence-corrected chi connectivity index (χ3v) is 4.48. The van der Waals surface area contributed by atoms with Crippen LogP contribution in [-0.4, -0.2) is 41.6 Å². The first-order chi connectivity index (χ1) is 10.5. The lowest BCUT2D eigenvalue weighted by Gasteiger charge is -2.30. The van der Waals surface area contributed by atoms with Crippen molar-refractivity contribution in [3.63, 3.8) is 0 Å². The highest BCUT2D eigenvalue weighted by molar-refractivity contribution is 9.10. The van der Waals surface area contributed by atoms with Gasteiger partial charge in [-0.05, 0) is 53.4 Å². The average Bonchev–Trinajstić information content (AvgIpc) is 2.49. The molecule has 0 aliphatic carbocycles. The molecule has 120 valence electrons. The molecule has 6 heteroatoms. The van der Waals surface area contributed by atoms with Crippen LogP contribution in [0, 0.1) is 12.8 Å². The van der Waals surface area contributed by atoms with Crippen LogP contribution in [0.4, 0.5) is 0 Å². The van der Waals surface area contributed by atoms with E-state index in [1.807, 2.05) is 25.1 Å². The van der Waals surface area contributed by atoms with Crippen LogP contribution < -0.4 is 4.74 Å². The molecule has 1 N–H and O–H groups in total. The van der Waals surface area contributed by atoms with Crippen molar-refractivity contribution in [1.29, 1.82) is 0 Å². The minimum absolute atomic E-state index is 0.0204. The van der Waals surface area contributed by atoms with Crippen LogP contribution in [0.25, 0.3) is 0 Å². The normalized spacial score (nSPS) is 15.6. The molecule has 1 aliphatic heterocycles. The van der Waals surface area contributed by atoms with Gasteiger partial charge in [-0.3, -0.25) is 9.59 Å². The van der Waals surface area contributed by atoms with Crippen molar-refractivity contribution in [1.82, 2.24) is 4.90 Å². The molecule has 1 aromatic carbocycles. The first kappa shape index (κ1) is 16.8. The van der Waals surface area contributed by atoms with E-state index in [0.717, 1.165) is 15.8 Å². The second-order valence-corrected chi connectivity index (χ2v) is 6.38. The summed E-state index contributed by atoms with van der Waals surface area (Å²) in [5, 5.41) is 8.95. The molecule has 0 unspecified atom stereocenters. The number of carbonyl (C=O) groups excluding carboxylic acids is 1. The Labute approximate surface area is 138 Å². The van der Waals surface area contributed by atoms with E-state index >= 15 is 0 Å². The Morgan fingerprint density at radius 1 is 1.36 bits per heavy atom. The van der Waals surface area contributed by atoms with E-state index in [-0.39, 0.29) is 11.8 Å². The molecule has 0 spiro atoms. The number of halogens is 1. The summed E-state index contributed by atoms with van der Waals surface area (Å²) in [6, 6.07) is 5.80. The summed E-state index contributed by atoms with van der Waals surface area (Å²) < 4.78 is 6.50. The minimum Gasteiger partial charge on any atom is -0.492 e. The number of carboxylic acid groups (broad SMARTS) is 1. The maximum absolute atomic E-state index is 12.1. The number of benzene rings is 1. The van der Waals surface area contributed by atoms with Gasteiger partial charge in [0.15, 0.2) is 0 Å². The zero-order valence-corrected chi connectivity index (χ0v) is 14.1. The number of rotatable bonds is 5. The van der Waals surface area contributed by atoms with E-state index in [0.29, 0.717) is 39.0 Å². The molecule has 2 rings (SSSR count). The van der Waals surface area contributed by atoms with Crippen LogP contribution in [0.2, 0.25) is 0 Å². The van der Waals surface area contributed by atoms with Gasteiger partial charge in [0, 0.05) is 13.1 Å². The average molecular weight is 370 g/mol. The Hall–Kier alpha value is -1.56. The molecule has 0 atom stereocenters. The van der Waals surface area contributed by atoms with Crippen LogP contribution in [0.3, 0.4) is 0 Å². The number of amides is 1. The second-order valence-electron chi connectivity index (χ2n) is 5.53. The molecule has 1 aliphatic rings. The van der Waals surface area contributed by atoms with Gasteiger partial charge in [0.25, 0.3) is 0 Å². The molecule has 1 fully saturated rings. The predicted molar refractivity (Wildman–Crippen MR) is 85.9 cm³/mol. The summed E-state index contributed by atoms with van der Waals surface area (Å²) in [5.74, 6) is -0.335. The number of carbonyl (C=O) groups is 2. The van der Waals surface area contributed by atoms with Gasteiger partial charge in [-0.15, -0.1) is 0 Å². The van der Waals surface area contributed by atoms with E-state index < -0.39 is 5.97 Å². The number of piperidine rings is 1. The van der Waals surface area contributed by atoms with Crippen LogP contribution in [-0.2, 0) is 9.59 Å². The lowest BCUT2D eigenvalue weighted by Crippen LogP contribution is -2.40. The number of ether oxygens (including phenoxy) is 1. The third kappa shape index (κ3) is 4.47. The molecule has 1 aromatic rings. The van der Waals surface area contributed by atoms with E-state index in [4.69, 9.17) is 9.84 Å². The number of hydrogen-bond acceptors (Lipinski definition) is 3. The fourth-order valence-electron chi connectivity index (χ4n) is 2.51. The Kier molecular flexibility index (Phi) is 5.83. The SMILES string of the molecule is Cc1ccc(OCCC(=O)N2CCC(C(=O)O)CC2)c(Br)c1. The molecule has 22 heavy (non-hydrogen) atoms. The summed E-state index contributed by atoms with van der Waals surface area (Å²) >= 11 is 3.44. The summed E-state index contributed by atoms with van der Waals surface area (Å²) in [7, 11) is 0. The van der Waals surface area contributed by atoms with Gasteiger partial charge in [0.05, 0.1) is 23.4 Å². The number of likely N-dealkylation sites (tertiary alicyclic amines) is 1. The molecular formula is C16H20BrNO4. The highest BCUT2D eigenvalue weighted by Gasteiger charge is 2.26. The highest BCUT2D eigenvalue weighted by atomic mass is 79.9. The maximum atomic E-state index is 12.1. The van der Waals surface area contributed by atoms with Crippen LogP contribution in [0.1, 0.15) is 24.8 Å². The largest absolute Gasteiger partial charge is 0.492 e. The number of carboxylic acids is 1. The third-order valence-electron chi connectivity index (χ3n) is 3.86. The van der Waals surface area contributed by atoms with Gasteiger partial charge in [-0.2, -0.15) is 0 Å². The smallest absolute Gasteiger partial charge is 0.306 e. The molecule has 0 bridgehead atoms. The van der Waals surface area contributed by atoms with Crippen LogP contribution in [0.5, 0.6) is 5.75 Å². The molecule has 1 amide bonds. The fraction of sp³-hybridized carbons (Fsp3) is 0.500. The first-order valence-electron chi connectivity index (χ1n) is 7.37. The lowest BCUT2D eigenvalue weighted by molar-refractivity contribution is -0.145. The number of hydrogen-bond donors (Lipinski definition) is 1. The van der Waals surface area contributed by atoms with Gasteiger partial charge >= 0.3 is 5.97 Å². The van der Waals surface area contributed by atoms with Crippen molar-refractivity contribution in [2.45, 2.75) is 26.2 Å². The monoisotopic (exact) mass is 369 g/mol. The van der Waals surface area contributed by atoms with Crippen LogP contribution >= 0.6 is 15.9 Å².